The Kier molecular flexibility index (Phi) is 8.34. The number of amides is 2. The number of benzene rings is 2. The molecular weight excluding hydrogens is 512 g/mol. The molecule has 18 nitrogen and oxygen atoms in total. The van der Waals surface area contributed by atoms with Crippen LogP contribution in [0.5, 0.6) is 0 Å². The van der Waals surface area contributed by atoms with Gasteiger partial charge in [-0.15, -0.1) is 10.2 Å². The largest absolute Gasteiger partial charge is 0.325 e. The molecule has 0 radical (unpaired) electrons. The lowest BCUT2D eigenvalue weighted by Gasteiger charge is -2.13. The van der Waals surface area contributed by atoms with Crippen molar-refractivity contribution in [1.82, 2.24) is 0 Å². The van der Waals surface area contributed by atoms with Gasteiger partial charge >= 0.3 is 11.4 Å². The van der Waals surface area contributed by atoms with Crippen LogP contribution in [-0.2, 0) is 9.59 Å². The van der Waals surface area contributed by atoms with Gasteiger partial charge in [-0.3, -0.25) is 50.0 Å². The van der Waals surface area contributed by atoms with Crippen molar-refractivity contribution in [3.05, 3.63) is 89.0 Å². The predicted molar refractivity (Wildman–Crippen MR) is 131 cm³/mol. The number of nitro benzene ring substituents is 4. The number of nitrogens with one attached hydrogen (secondary N) is 2. The molecule has 0 aliphatic carbocycles. The van der Waals surface area contributed by atoms with Crippen molar-refractivity contribution in [2.75, 3.05) is 10.6 Å². The van der Waals surface area contributed by atoms with E-state index < -0.39 is 77.0 Å². The molecule has 2 aromatic rings. The zero-order chi connectivity index (χ0) is 28.9. The second kappa shape index (κ2) is 11.2. The third-order valence-corrected chi connectivity index (χ3v) is 4.47. The van der Waals surface area contributed by atoms with Crippen LogP contribution in [0.25, 0.3) is 0 Å². The Morgan fingerprint density at radius 3 is 1.58 bits per heavy atom. The summed E-state index contributed by atoms with van der Waals surface area (Å²) in [4.78, 5) is 66.4. The van der Waals surface area contributed by atoms with Crippen LogP contribution in [0.1, 0.15) is 13.8 Å². The van der Waals surface area contributed by atoms with Crippen molar-refractivity contribution in [2.24, 2.45) is 10.2 Å². The second-order valence-electron chi connectivity index (χ2n) is 7.42. The highest BCUT2D eigenvalue weighted by molar-refractivity contribution is 6.11. The fourth-order valence-electron chi connectivity index (χ4n) is 2.69. The number of rotatable bonds is 10. The average Bonchev–Trinajstić information content (AvgIpc) is 2.82. The molecule has 0 saturated heterocycles. The van der Waals surface area contributed by atoms with Gasteiger partial charge in [-0.2, -0.15) is 0 Å². The SMILES string of the molecule is C=C(C)C(=O)Nc1c(N=Nc2cc([N+](=O)[O-])cc([N+](=O)[O-])c2)cc([N+](=O)[O-])c(NC(=O)C(=C)C)c1[N+](=O)[O-]. The number of hydrogen-bond acceptors (Lipinski definition) is 12. The molecule has 0 aliphatic heterocycles. The first kappa shape index (κ1) is 28.3. The number of nitro groups is 4. The van der Waals surface area contributed by atoms with Crippen molar-refractivity contribution >= 4 is 57.3 Å². The van der Waals surface area contributed by atoms with E-state index in [-0.39, 0.29) is 11.1 Å². The molecule has 0 aromatic heterocycles. The lowest BCUT2D eigenvalue weighted by molar-refractivity contribution is -0.394. The van der Waals surface area contributed by atoms with E-state index in [2.05, 4.69) is 28.7 Å². The van der Waals surface area contributed by atoms with E-state index >= 15 is 0 Å². The van der Waals surface area contributed by atoms with E-state index in [1.54, 1.807) is 0 Å². The maximum atomic E-state index is 12.3. The first-order valence-corrected chi connectivity index (χ1v) is 9.93. The lowest BCUT2D eigenvalue weighted by Crippen LogP contribution is -2.18. The highest BCUT2D eigenvalue weighted by Gasteiger charge is 2.35. The van der Waals surface area contributed by atoms with Gasteiger partial charge in [0.1, 0.15) is 5.69 Å². The molecule has 2 rings (SSSR count). The molecule has 18 heteroatoms. The first-order chi connectivity index (χ1) is 17.6. The zero-order valence-corrected chi connectivity index (χ0v) is 19.5. The van der Waals surface area contributed by atoms with E-state index in [0.717, 1.165) is 12.1 Å². The molecular formula is C20H16N8O10. The van der Waals surface area contributed by atoms with Crippen molar-refractivity contribution in [3.8, 4) is 0 Å². The number of carbonyl (C=O) groups is 2. The van der Waals surface area contributed by atoms with E-state index in [9.17, 15) is 50.0 Å². The molecule has 0 atom stereocenters. The zero-order valence-electron chi connectivity index (χ0n) is 19.5. The van der Waals surface area contributed by atoms with E-state index in [0.29, 0.717) is 12.1 Å². The smallest absolute Gasteiger partial charge is 0.315 e. The Morgan fingerprint density at radius 2 is 1.18 bits per heavy atom. The van der Waals surface area contributed by atoms with Crippen molar-refractivity contribution in [2.45, 2.75) is 13.8 Å². The topological polar surface area (TPSA) is 255 Å². The Balaban J connectivity index is 2.91. The Labute approximate surface area is 211 Å². The maximum absolute atomic E-state index is 12.3. The highest BCUT2D eigenvalue weighted by atomic mass is 16.6. The fraction of sp³-hybridized carbons (Fsp3) is 0.100. The van der Waals surface area contributed by atoms with Crippen LogP contribution in [0.3, 0.4) is 0 Å². The third-order valence-electron chi connectivity index (χ3n) is 4.47. The second-order valence-corrected chi connectivity index (χ2v) is 7.42. The Hall–Kier alpha value is -5.94. The summed E-state index contributed by atoms with van der Waals surface area (Å²) in [6, 6.07) is 2.84. The van der Waals surface area contributed by atoms with Gasteiger partial charge in [0, 0.05) is 29.3 Å². The van der Waals surface area contributed by atoms with Crippen LogP contribution < -0.4 is 10.6 Å². The van der Waals surface area contributed by atoms with Gasteiger partial charge in [-0.25, -0.2) is 0 Å². The molecule has 0 saturated carbocycles. The average molecular weight is 528 g/mol. The predicted octanol–water partition coefficient (Wildman–Crippen LogP) is 4.76. The summed E-state index contributed by atoms with van der Waals surface area (Å²) < 4.78 is 0. The summed E-state index contributed by atoms with van der Waals surface area (Å²) in [6.07, 6.45) is 0. The molecule has 0 heterocycles. The minimum Gasteiger partial charge on any atom is -0.315 e. The minimum atomic E-state index is -1.15. The number of azo groups is 1. The summed E-state index contributed by atoms with van der Waals surface area (Å²) in [5, 5.41) is 57.3. The maximum Gasteiger partial charge on any atom is 0.325 e. The van der Waals surface area contributed by atoms with Crippen molar-refractivity contribution in [3.63, 3.8) is 0 Å². The van der Waals surface area contributed by atoms with Crippen LogP contribution in [0, 0.1) is 40.5 Å². The summed E-state index contributed by atoms with van der Waals surface area (Å²) >= 11 is 0. The minimum absolute atomic E-state index is 0.137. The normalized spacial score (nSPS) is 10.5. The van der Waals surface area contributed by atoms with Crippen LogP contribution in [0.4, 0.5) is 45.5 Å². The van der Waals surface area contributed by atoms with E-state index in [1.807, 2.05) is 5.32 Å². The quantitative estimate of drug-likeness (QED) is 0.185. The Bertz CT molecular complexity index is 1450. The molecule has 2 aromatic carbocycles. The molecule has 2 amide bonds. The molecule has 2 N–H and O–H groups in total. The standard InChI is InChI=1S/C20H16N8O10/c1-9(2)19(29)21-16-14(24-23-11-5-12(25(31)32)7-13(6-11)26(33)34)8-15(27(35)36)17(18(16)28(37)38)22-20(30)10(3)4/h5-8H,1,3H2,2,4H3,(H,21,29)(H,22,30). The molecule has 0 bridgehead atoms. The molecule has 0 unspecified atom stereocenters. The monoisotopic (exact) mass is 528 g/mol. The summed E-state index contributed by atoms with van der Waals surface area (Å²) in [5.41, 5.74) is -6.77. The fourth-order valence-corrected chi connectivity index (χ4v) is 2.69. The highest BCUT2D eigenvalue weighted by Crippen LogP contribution is 2.47. The van der Waals surface area contributed by atoms with Gasteiger partial charge in [-0.1, -0.05) is 13.2 Å². The van der Waals surface area contributed by atoms with E-state index in [1.165, 1.54) is 13.8 Å². The van der Waals surface area contributed by atoms with Gasteiger partial charge in [0.15, 0.2) is 5.69 Å². The van der Waals surface area contributed by atoms with Gasteiger partial charge in [0.2, 0.25) is 5.69 Å². The van der Waals surface area contributed by atoms with Crippen LogP contribution in [0.15, 0.2) is 58.8 Å². The van der Waals surface area contributed by atoms with Gasteiger partial charge in [0.25, 0.3) is 23.2 Å². The summed E-state index contributed by atoms with van der Waals surface area (Å²) in [6.45, 7) is 9.22. The molecule has 0 spiro atoms. The summed E-state index contributed by atoms with van der Waals surface area (Å²) in [7, 11) is 0. The van der Waals surface area contributed by atoms with Gasteiger partial charge in [-0.05, 0) is 13.8 Å². The van der Waals surface area contributed by atoms with Crippen molar-refractivity contribution < 1.29 is 29.3 Å². The number of anilines is 2. The molecule has 0 aliphatic rings. The van der Waals surface area contributed by atoms with Gasteiger partial charge in [0.05, 0.1) is 31.4 Å². The number of non-ortho nitro benzene ring substituents is 2. The van der Waals surface area contributed by atoms with Crippen LogP contribution in [0.2, 0.25) is 0 Å². The number of hydrogen-bond donors (Lipinski definition) is 2. The number of nitrogens with zero attached hydrogens (tertiary/aromatic N) is 6. The molecule has 0 fully saturated rings. The van der Waals surface area contributed by atoms with E-state index in [4.69, 9.17) is 0 Å². The number of carbonyl (C=O) groups excluding carboxylic acids is 2. The molecule has 196 valence electrons. The van der Waals surface area contributed by atoms with Gasteiger partial charge < -0.3 is 10.6 Å². The van der Waals surface area contributed by atoms with Crippen molar-refractivity contribution in [1.29, 1.82) is 0 Å². The Morgan fingerprint density at radius 1 is 0.711 bits per heavy atom. The summed E-state index contributed by atoms with van der Waals surface area (Å²) in [5.74, 6) is -1.98. The van der Waals surface area contributed by atoms with Crippen LogP contribution >= 0.6 is 0 Å². The first-order valence-electron chi connectivity index (χ1n) is 9.93. The third kappa shape index (κ3) is 6.38. The lowest BCUT2D eigenvalue weighted by atomic mass is 10.1. The van der Waals surface area contributed by atoms with Crippen LogP contribution in [-0.4, -0.2) is 31.5 Å². The molecule has 38 heavy (non-hydrogen) atoms.